The highest BCUT2D eigenvalue weighted by atomic mass is 19.4. The number of para-hydroxylation sites is 1. The van der Waals surface area contributed by atoms with Crippen LogP contribution in [0, 0.1) is 0 Å². The zero-order chi connectivity index (χ0) is 20.8. The summed E-state index contributed by atoms with van der Waals surface area (Å²) in [6.45, 7) is -1.26. The molecular formula is C19H19F3N2O4. The van der Waals surface area contributed by atoms with E-state index >= 15 is 0 Å². The standard InChI is InChI=1S/C19H19F3N2O4/c1-28-15-10-6-5-7-13(15)11-23-16(25)17(26)24-12-18(27,19(20,21)22)14-8-3-2-4-9-14/h2-10,27H,11-12H2,1H3,(H,23,25)(H,24,26). The van der Waals surface area contributed by atoms with Crippen molar-refractivity contribution in [3.05, 3.63) is 65.7 Å². The van der Waals surface area contributed by atoms with E-state index in [0.717, 1.165) is 12.1 Å². The van der Waals surface area contributed by atoms with Gasteiger partial charge in [0.15, 0.2) is 0 Å². The Morgan fingerprint density at radius 1 is 0.964 bits per heavy atom. The molecule has 2 amide bonds. The summed E-state index contributed by atoms with van der Waals surface area (Å²) >= 11 is 0. The van der Waals surface area contributed by atoms with E-state index in [1.165, 1.54) is 25.3 Å². The van der Waals surface area contributed by atoms with Gasteiger partial charge in [0.2, 0.25) is 5.60 Å². The predicted octanol–water partition coefficient (Wildman–Crippen LogP) is 1.88. The van der Waals surface area contributed by atoms with E-state index in [9.17, 15) is 27.9 Å². The van der Waals surface area contributed by atoms with E-state index in [1.54, 1.807) is 24.3 Å². The van der Waals surface area contributed by atoms with Crippen LogP contribution in [-0.4, -0.2) is 36.8 Å². The lowest BCUT2D eigenvalue weighted by molar-refractivity contribution is -0.264. The van der Waals surface area contributed by atoms with Crippen molar-refractivity contribution in [2.24, 2.45) is 0 Å². The number of carbonyl (C=O) groups excluding carboxylic acids is 2. The minimum atomic E-state index is -5.06. The molecule has 1 atom stereocenters. The lowest BCUT2D eigenvalue weighted by Gasteiger charge is -2.31. The number of aliphatic hydroxyl groups is 1. The number of rotatable bonds is 6. The molecule has 6 nitrogen and oxygen atoms in total. The second-order valence-electron chi connectivity index (χ2n) is 5.90. The molecule has 9 heteroatoms. The highest BCUT2D eigenvalue weighted by Crippen LogP contribution is 2.38. The SMILES string of the molecule is COc1ccccc1CNC(=O)C(=O)NCC(O)(c1ccccc1)C(F)(F)F. The number of halogens is 3. The van der Waals surface area contributed by atoms with Gasteiger partial charge in [-0.1, -0.05) is 48.5 Å². The Kier molecular flexibility index (Phi) is 6.63. The summed E-state index contributed by atoms with van der Waals surface area (Å²) in [7, 11) is 1.44. The summed E-state index contributed by atoms with van der Waals surface area (Å²) in [5.41, 5.74) is -3.19. The van der Waals surface area contributed by atoms with Crippen molar-refractivity contribution in [3.63, 3.8) is 0 Å². The molecule has 2 aromatic rings. The fraction of sp³-hybridized carbons (Fsp3) is 0.263. The molecule has 0 aliphatic heterocycles. The summed E-state index contributed by atoms with van der Waals surface area (Å²) < 4.78 is 45.2. The smallest absolute Gasteiger partial charge is 0.423 e. The summed E-state index contributed by atoms with van der Waals surface area (Å²) in [6.07, 6.45) is -5.06. The van der Waals surface area contributed by atoms with Gasteiger partial charge in [0, 0.05) is 12.1 Å². The van der Waals surface area contributed by atoms with Crippen molar-refractivity contribution in [1.82, 2.24) is 10.6 Å². The van der Waals surface area contributed by atoms with Crippen LogP contribution >= 0.6 is 0 Å². The highest BCUT2D eigenvalue weighted by molar-refractivity contribution is 6.35. The Bertz CT molecular complexity index is 827. The van der Waals surface area contributed by atoms with E-state index < -0.39 is 35.7 Å². The first-order valence-electron chi connectivity index (χ1n) is 8.21. The number of nitrogens with one attached hydrogen (secondary N) is 2. The molecule has 28 heavy (non-hydrogen) atoms. The largest absolute Gasteiger partial charge is 0.496 e. The topological polar surface area (TPSA) is 87.7 Å². The van der Waals surface area contributed by atoms with E-state index in [2.05, 4.69) is 5.32 Å². The molecule has 0 saturated carbocycles. The minimum Gasteiger partial charge on any atom is -0.496 e. The van der Waals surface area contributed by atoms with Gasteiger partial charge in [0.05, 0.1) is 13.7 Å². The third kappa shape index (κ3) is 4.80. The number of benzene rings is 2. The molecule has 2 rings (SSSR count). The van der Waals surface area contributed by atoms with E-state index in [1.807, 2.05) is 5.32 Å². The second-order valence-corrected chi connectivity index (χ2v) is 5.90. The average Bonchev–Trinajstić information content (AvgIpc) is 2.69. The molecule has 0 saturated heterocycles. The predicted molar refractivity (Wildman–Crippen MR) is 94.2 cm³/mol. The van der Waals surface area contributed by atoms with Crippen molar-refractivity contribution < 1.29 is 32.6 Å². The fourth-order valence-corrected chi connectivity index (χ4v) is 2.47. The molecule has 0 aromatic heterocycles. The Balaban J connectivity index is 2.01. The monoisotopic (exact) mass is 396 g/mol. The second kappa shape index (κ2) is 8.75. The molecule has 0 fully saturated rings. The van der Waals surface area contributed by atoms with Crippen LogP contribution in [0.2, 0.25) is 0 Å². The lowest BCUT2D eigenvalue weighted by Crippen LogP contribution is -2.53. The molecule has 0 radical (unpaired) electrons. The minimum absolute atomic E-state index is 0.0571. The van der Waals surface area contributed by atoms with Crippen LogP contribution in [0.5, 0.6) is 5.75 Å². The van der Waals surface area contributed by atoms with Gasteiger partial charge in [0.1, 0.15) is 5.75 Å². The van der Waals surface area contributed by atoms with E-state index in [-0.39, 0.29) is 6.54 Å². The van der Waals surface area contributed by atoms with Gasteiger partial charge in [-0.2, -0.15) is 13.2 Å². The third-order valence-corrected chi connectivity index (χ3v) is 4.06. The molecule has 0 aliphatic rings. The Labute approximate surface area is 159 Å². The fourth-order valence-electron chi connectivity index (χ4n) is 2.47. The zero-order valence-electron chi connectivity index (χ0n) is 14.9. The quantitative estimate of drug-likeness (QED) is 0.651. The first-order chi connectivity index (χ1) is 13.2. The maximum atomic E-state index is 13.4. The first kappa shape index (κ1) is 21.2. The molecule has 0 aliphatic carbocycles. The van der Waals surface area contributed by atoms with Crippen molar-refractivity contribution in [2.75, 3.05) is 13.7 Å². The normalized spacial score (nSPS) is 13.3. The van der Waals surface area contributed by atoms with Gasteiger partial charge in [0.25, 0.3) is 0 Å². The van der Waals surface area contributed by atoms with Crippen LogP contribution in [0.4, 0.5) is 13.2 Å². The van der Waals surface area contributed by atoms with Gasteiger partial charge in [-0.05, 0) is 11.6 Å². The summed E-state index contributed by atoms with van der Waals surface area (Å²) in [5.74, 6) is -1.95. The van der Waals surface area contributed by atoms with Crippen molar-refractivity contribution in [2.45, 2.75) is 18.3 Å². The summed E-state index contributed by atoms with van der Waals surface area (Å²) in [5, 5.41) is 14.3. The Hall–Kier alpha value is -3.07. The molecule has 0 spiro atoms. The third-order valence-electron chi connectivity index (χ3n) is 4.06. The molecule has 1 unspecified atom stereocenters. The molecule has 3 N–H and O–H groups in total. The van der Waals surface area contributed by atoms with Gasteiger partial charge < -0.3 is 20.5 Å². The van der Waals surface area contributed by atoms with Crippen LogP contribution in [0.3, 0.4) is 0 Å². The van der Waals surface area contributed by atoms with Crippen LogP contribution in [-0.2, 0) is 21.7 Å². The van der Waals surface area contributed by atoms with Crippen molar-refractivity contribution >= 4 is 11.8 Å². The molecule has 2 aromatic carbocycles. The van der Waals surface area contributed by atoms with Crippen molar-refractivity contribution in [1.29, 1.82) is 0 Å². The van der Waals surface area contributed by atoms with Gasteiger partial charge >= 0.3 is 18.0 Å². The van der Waals surface area contributed by atoms with Gasteiger partial charge in [-0.15, -0.1) is 0 Å². The summed E-state index contributed by atoms with van der Waals surface area (Å²) in [4.78, 5) is 23.8. The van der Waals surface area contributed by atoms with Gasteiger partial charge in [-0.25, -0.2) is 0 Å². The van der Waals surface area contributed by atoms with Crippen LogP contribution in [0.25, 0.3) is 0 Å². The lowest BCUT2D eigenvalue weighted by atomic mass is 9.93. The molecule has 0 bridgehead atoms. The van der Waals surface area contributed by atoms with Crippen molar-refractivity contribution in [3.8, 4) is 5.75 Å². The number of methoxy groups -OCH3 is 1. The molecular weight excluding hydrogens is 377 g/mol. The van der Waals surface area contributed by atoms with E-state index in [4.69, 9.17) is 4.74 Å². The van der Waals surface area contributed by atoms with Gasteiger partial charge in [-0.3, -0.25) is 9.59 Å². The number of alkyl halides is 3. The highest BCUT2D eigenvalue weighted by Gasteiger charge is 2.55. The van der Waals surface area contributed by atoms with E-state index in [0.29, 0.717) is 11.3 Å². The van der Waals surface area contributed by atoms with Crippen LogP contribution < -0.4 is 15.4 Å². The molecule has 150 valence electrons. The Morgan fingerprint density at radius 2 is 1.54 bits per heavy atom. The zero-order valence-corrected chi connectivity index (χ0v) is 14.9. The number of ether oxygens (including phenoxy) is 1. The average molecular weight is 396 g/mol. The number of hydrogen-bond donors (Lipinski definition) is 3. The number of carbonyl (C=O) groups is 2. The van der Waals surface area contributed by atoms with Crippen LogP contribution in [0.15, 0.2) is 54.6 Å². The first-order valence-corrected chi connectivity index (χ1v) is 8.21. The maximum Gasteiger partial charge on any atom is 0.423 e. The van der Waals surface area contributed by atoms with Crippen LogP contribution in [0.1, 0.15) is 11.1 Å². The molecule has 0 heterocycles. The Morgan fingerprint density at radius 3 is 2.14 bits per heavy atom. The maximum absolute atomic E-state index is 13.4. The summed E-state index contributed by atoms with van der Waals surface area (Å²) in [6, 6.07) is 13.1. The number of amides is 2. The number of hydrogen-bond acceptors (Lipinski definition) is 4.